The summed E-state index contributed by atoms with van der Waals surface area (Å²) in [6.07, 6.45) is 1.70. The average Bonchev–Trinajstić information content (AvgIpc) is 2.26. The van der Waals surface area contributed by atoms with Gasteiger partial charge in [-0.3, -0.25) is 0 Å². The minimum atomic E-state index is 0.621. The van der Waals surface area contributed by atoms with Crippen LogP contribution in [0.2, 0.25) is 0 Å². The number of nitrogens with zero attached hydrogens (tertiary/aromatic N) is 1. The first-order chi connectivity index (χ1) is 6.81. The number of hydrogen-bond donors (Lipinski definition) is 3. The summed E-state index contributed by atoms with van der Waals surface area (Å²) >= 11 is 0. The minimum absolute atomic E-state index is 0.621. The lowest BCUT2D eigenvalue weighted by atomic mass is 10.1. The van der Waals surface area contributed by atoms with Gasteiger partial charge in [0.15, 0.2) is 0 Å². The van der Waals surface area contributed by atoms with Crippen molar-refractivity contribution in [2.45, 2.75) is 0 Å². The van der Waals surface area contributed by atoms with Gasteiger partial charge in [0.1, 0.15) is 5.70 Å². The number of rotatable bonds is 4. The summed E-state index contributed by atoms with van der Waals surface area (Å²) in [5, 5.41) is 9.32. The van der Waals surface area contributed by atoms with Crippen molar-refractivity contribution in [3.05, 3.63) is 36.0 Å². The van der Waals surface area contributed by atoms with Crippen molar-refractivity contribution in [1.29, 1.82) is 5.53 Å². The highest BCUT2D eigenvalue weighted by Crippen LogP contribution is 2.17. The molecule has 4 nitrogen and oxygen atoms in total. The van der Waals surface area contributed by atoms with Gasteiger partial charge in [-0.1, -0.05) is 12.1 Å². The van der Waals surface area contributed by atoms with Crippen LogP contribution >= 0.6 is 0 Å². The van der Waals surface area contributed by atoms with E-state index < -0.39 is 0 Å². The van der Waals surface area contributed by atoms with Crippen molar-refractivity contribution in [1.82, 2.24) is 5.32 Å². The van der Waals surface area contributed by atoms with Crippen LogP contribution in [0.5, 0.6) is 0 Å². The van der Waals surface area contributed by atoms with Gasteiger partial charge in [-0.15, -0.1) is 0 Å². The maximum absolute atomic E-state index is 7.00. The Balaban J connectivity index is 2.95. The van der Waals surface area contributed by atoms with E-state index in [2.05, 4.69) is 15.7 Å². The molecule has 0 atom stereocenters. The lowest BCUT2D eigenvalue weighted by Crippen LogP contribution is -1.95. The van der Waals surface area contributed by atoms with Gasteiger partial charge in [-0.25, -0.2) is 5.53 Å². The van der Waals surface area contributed by atoms with E-state index in [0.717, 1.165) is 11.3 Å². The first-order valence-corrected chi connectivity index (χ1v) is 4.35. The Bertz CT molecular complexity index is 326. The highest BCUT2D eigenvalue weighted by molar-refractivity contribution is 5.65. The normalized spacial score (nSPS) is 10.9. The Labute approximate surface area is 83.5 Å². The third-order valence-corrected chi connectivity index (χ3v) is 1.87. The second-order valence-electron chi connectivity index (χ2n) is 2.76. The standard InChI is InChI=1S/C10H14N4/c1-12-7-10(14-11)8-3-5-9(13-2)6-4-8/h3-7,11-13H,1-2H3/b10-7-,14-11?. The Morgan fingerprint density at radius 3 is 2.36 bits per heavy atom. The van der Waals surface area contributed by atoms with E-state index >= 15 is 0 Å². The maximum Gasteiger partial charge on any atom is 0.108 e. The topological polar surface area (TPSA) is 60.3 Å². The summed E-state index contributed by atoms with van der Waals surface area (Å²) < 4.78 is 0. The number of nitrogens with one attached hydrogen (secondary N) is 3. The molecule has 0 bridgehead atoms. The zero-order valence-electron chi connectivity index (χ0n) is 8.33. The number of hydrogen-bond acceptors (Lipinski definition) is 4. The van der Waals surface area contributed by atoms with Crippen molar-refractivity contribution in [2.75, 3.05) is 19.4 Å². The van der Waals surface area contributed by atoms with Gasteiger partial charge in [0.2, 0.25) is 0 Å². The van der Waals surface area contributed by atoms with Crippen molar-refractivity contribution in [2.24, 2.45) is 5.11 Å². The molecule has 0 radical (unpaired) electrons. The molecule has 0 saturated carbocycles. The zero-order chi connectivity index (χ0) is 10.4. The number of benzene rings is 1. The van der Waals surface area contributed by atoms with Gasteiger partial charge in [-0.2, -0.15) is 5.11 Å². The third-order valence-electron chi connectivity index (χ3n) is 1.87. The fraction of sp³-hybridized carbons (Fsp3) is 0.200. The molecular formula is C10H14N4. The molecule has 4 heteroatoms. The van der Waals surface area contributed by atoms with Crippen LogP contribution in [0, 0.1) is 5.53 Å². The van der Waals surface area contributed by atoms with Crippen LogP contribution in [0.1, 0.15) is 5.56 Å². The summed E-state index contributed by atoms with van der Waals surface area (Å²) in [5.74, 6) is 0. The van der Waals surface area contributed by atoms with E-state index in [1.807, 2.05) is 31.3 Å². The fourth-order valence-corrected chi connectivity index (χ4v) is 1.12. The molecule has 1 aromatic rings. The molecule has 0 heterocycles. The van der Waals surface area contributed by atoms with Crippen molar-refractivity contribution >= 4 is 11.4 Å². The first-order valence-electron chi connectivity index (χ1n) is 4.35. The molecule has 0 fully saturated rings. The van der Waals surface area contributed by atoms with E-state index in [1.165, 1.54) is 0 Å². The highest BCUT2D eigenvalue weighted by atomic mass is 15.0. The van der Waals surface area contributed by atoms with Crippen molar-refractivity contribution < 1.29 is 0 Å². The van der Waals surface area contributed by atoms with Crippen molar-refractivity contribution in [3.63, 3.8) is 0 Å². The van der Waals surface area contributed by atoms with E-state index in [-0.39, 0.29) is 0 Å². The molecule has 0 aliphatic carbocycles. The Morgan fingerprint density at radius 2 is 1.93 bits per heavy atom. The largest absolute Gasteiger partial charge is 0.392 e. The molecule has 1 aromatic carbocycles. The Hall–Kier alpha value is -1.84. The van der Waals surface area contributed by atoms with Crippen LogP contribution in [0.4, 0.5) is 5.69 Å². The van der Waals surface area contributed by atoms with Crippen LogP contribution in [-0.2, 0) is 0 Å². The van der Waals surface area contributed by atoms with Gasteiger partial charge in [0.05, 0.1) is 0 Å². The predicted molar refractivity (Wildman–Crippen MR) is 58.2 cm³/mol. The molecule has 1 rings (SSSR count). The predicted octanol–water partition coefficient (Wildman–Crippen LogP) is 2.28. The highest BCUT2D eigenvalue weighted by Gasteiger charge is 1.98. The average molecular weight is 190 g/mol. The summed E-state index contributed by atoms with van der Waals surface area (Å²) in [6, 6.07) is 7.74. The van der Waals surface area contributed by atoms with E-state index in [0.29, 0.717) is 5.70 Å². The molecule has 0 aliphatic heterocycles. The van der Waals surface area contributed by atoms with Gasteiger partial charge in [0.25, 0.3) is 0 Å². The van der Waals surface area contributed by atoms with Gasteiger partial charge in [0, 0.05) is 31.5 Å². The molecule has 0 saturated heterocycles. The molecule has 0 unspecified atom stereocenters. The zero-order valence-corrected chi connectivity index (χ0v) is 8.33. The van der Waals surface area contributed by atoms with E-state index in [1.54, 1.807) is 13.2 Å². The van der Waals surface area contributed by atoms with Crippen LogP contribution in [-0.4, -0.2) is 14.1 Å². The quantitative estimate of drug-likeness (QED) is 0.638. The lowest BCUT2D eigenvalue weighted by Gasteiger charge is -2.03. The second-order valence-corrected chi connectivity index (χ2v) is 2.76. The summed E-state index contributed by atoms with van der Waals surface area (Å²) in [5.41, 5.74) is 9.59. The molecule has 0 aliphatic rings. The SMILES string of the molecule is CN/C=C(\N=N)c1ccc(NC)cc1. The summed E-state index contributed by atoms with van der Waals surface area (Å²) in [4.78, 5) is 0. The second kappa shape index (κ2) is 5.01. The maximum atomic E-state index is 7.00. The molecule has 0 aromatic heterocycles. The summed E-state index contributed by atoms with van der Waals surface area (Å²) in [7, 11) is 3.65. The Kier molecular flexibility index (Phi) is 3.67. The molecule has 74 valence electrons. The smallest absolute Gasteiger partial charge is 0.108 e. The van der Waals surface area contributed by atoms with Crippen LogP contribution in [0.25, 0.3) is 5.70 Å². The van der Waals surface area contributed by atoms with Gasteiger partial charge < -0.3 is 10.6 Å². The minimum Gasteiger partial charge on any atom is -0.392 e. The molecule has 0 amide bonds. The first kappa shape index (κ1) is 10.2. The van der Waals surface area contributed by atoms with Gasteiger partial charge in [-0.05, 0) is 12.1 Å². The lowest BCUT2D eigenvalue weighted by molar-refractivity contribution is 1.07. The molecule has 3 N–H and O–H groups in total. The Morgan fingerprint density at radius 1 is 1.29 bits per heavy atom. The molecular weight excluding hydrogens is 176 g/mol. The monoisotopic (exact) mass is 190 g/mol. The van der Waals surface area contributed by atoms with Gasteiger partial charge >= 0.3 is 0 Å². The fourth-order valence-electron chi connectivity index (χ4n) is 1.12. The van der Waals surface area contributed by atoms with Crippen LogP contribution in [0.15, 0.2) is 35.6 Å². The van der Waals surface area contributed by atoms with Crippen molar-refractivity contribution in [3.8, 4) is 0 Å². The molecule has 14 heavy (non-hydrogen) atoms. The van der Waals surface area contributed by atoms with E-state index in [4.69, 9.17) is 5.53 Å². The summed E-state index contributed by atoms with van der Waals surface area (Å²) in [6.45, 7) is 0. The van der Waals surface area contributed by atoms with Crippen LogP contribution < -0.4 is 10.6 Å². The van der Waals surface area contributed by atoms with E-state index in [9.17, 15) is 0 Å². The number of anilines is 1. The van der Waals surface area contributed by atoms with Crippen LogP contribution in [0.3, 0.4) is 0 Å². The third kappa shape index (κ3) is 2.32. The molecule has 0 spiro atoms.